The topological polar surface area (TPSA) is 127 Å². The first-order chi connectivity index (χ1) is 16.7. The number of aliphatic hydroxyl groups is 1. The molecular formula is C26H30F2N2O6. The number of benzene rings is 2. The molecule has 0 saturated carbocycles. The number of carboxylic acid groups (broad SMARTS) is 1. The Kier molecular flexibility index (Phi) is 7.40. The van der Waals surface area contributed by atoms with E-state index < -0.39 is 53.9 Å². The number of phenolic OH excluding ortho intramolecular Hbond substituents is 1. The molecule has 0 aliphatic carbocycles. The van der Waals surface area contributed by atoms with E-state index in [0.29, 0.717) is 21.6 Å². The van der Waals surface area contributed by atoms with Gasteiger partial charge in [0.05, 0.1) is 18.0 Å². The van der Waals surface area contributed by atoms with Crippen molar-refractivity contribution in [1.82, 2.24) is 10.2 Å². The molecule has 3 atom stereocenters. The highest BCUT2D eigenvalue weighted by molar-refractivity contribution is 5.98. The molecule has 2 aromatic carbocycles. The van der Waals surface area contributed by atoms with Gasteiger partial charge in [-0.3, -0.25) is 9.59 Å². The molecule has 1 aliphatic rings. The van der Waals surface area contributed by atoms with Crippen molar-refractivity contribution in [2.75, 3.05) is 6.54 Å². The largest absolute Gasteiger partial charge is 0.508 e. The van der Waals surface area contributed by atoms with Crippen molar-refractivity contribution in [1.29, 1.82) is 0 Å². The molecule has 0 bridgehead atoms. The molecule has 36 heavy (non-hydrogen) atoms. The Hall–Kier alpha value is -3.53. The average molecular weight is 505 g/mol. The number of likely N-dealkylation sites (tertiary alicyclic amines) is 1. The lowest BCUT2D eigenvalue weighted by Crippen LogP contribution is -2.56. The first-order valence-electron chi connectivity index (χ1n) is 11.4. The number of halogens is 2. The Labute approximate surface area is 207 Å². The number of aliphatic hydroxyl groups excluding tert-OH is 1. The Morgan fingerprint density at radius 2 is 1.72 bits per heavy atom. The van der Waals surface area contributed by atoms with Gasteiger partial charge in [0.25, 0.3) is 17.7 Å². The molecular weight excluding hydrogens is 474 g/mol. The number of amides is 2. The SMILES string of the molecule is Cc1ccc(O)c(C)c1C(=O)N[C@@H](Cc1ccccc1)[C@H](O)C(=O)N1CC(F)(F)C(C)(C)[C@H]1C(=O)O. The van der Waals surface area contributed by atoms with Crippen LogP contribution in [0.3, 0.4) is 0 Å². The van der Waals surface area contributed by atoms with E-state index in [0.717, 1.165) is 13.8 Å². The van der Waals surface area contributed by atoms with E-state index in [2.05, 4.69) is 5.32 Å². The smallest absolute Gasteiger partial charge is 0.327 e. The van der Waals surface area contributed by atoms with Crippen LogP contribution < -0.4 is 5.32 Å². The van der Waals surface area contributed by atoms with Crippen LogP contribution in [0.1, 0.15) is 40.9 Å². The molecule has 0 aromatic heterocycles. The summed E-state index contributed by atoms with van der Waals surface area (Å²) in [7, 11) is 0. The van der Waals surface area contributed by atoms with Crippen LogP contribution in [0, 0.1) is 19.3 Å². The fourth-order valence-corrected chi connectivity index (χ4v) is 4.62. The van der Waals surface area contributed by atoms with Crippen LogP contribution in [0.25, 0.3) is 0 Å². The molecule has 0 unspecified atom stereocenters. The van der Waals surface area contributed by atoms with Crippen LogP contribution >= 0.6 is 0 Å². The van der Waals surface area contributed by atoms with E-state index in [1.165, 1.54) is 19.1 Å². The van der Waals surface area contributed by atoms with Crippen molar-refractivity contribution in [3.05, 3.63) is 64.7 Å². The van der Waals surface area contributed by atoms with Crippen LogP contribution in [0.15, 0.2) is 42.5 Å². The molecule has 194 valence electrons. The second-order valence-corrected chi connectivity index (χ2v) is 9.75. The highest BCUT2D eigenvalue weighted by atomic mass is 19.3. The molecule has 0 spiro atoms. The van der Waals surface area contributed by atoms with Crippen molar-refractivity contribution in [2.45, 2.75) is 58.2 Å². The predicted octanol–water partition coefficient (Wildman–Crippen LogP) is 2.67. The summed E-state index contributed by atoms with van der Waals surface area (Å²) in [4.78, 5) is 38.8. The fraction of sp³-hybridized carbons (Fsp3) is 0.423. The standard InChI is InChI=1S/C26H30F2N2O6/c1-14-10-11-18(31)15(2)19(14)22(33)29-17(12-16-8-6-5-7-9-16)20(32)23(34)30-13-26(27,28)25(3,4)21(30)24(35)36/h5-11,17,20-21,31-32H,12-13H2,1-4H3,(H,29,33)(H,35,36)/t17-,20-,21+/m0/s1. The zero-order valence-electron chi connectivity index (χ0n) is 20.5. The lowest BCUT2D eigenvalue weighted by molar-refractivity contribution is -0.156. The van der Waals surface area contributed by atoms with Crippen LogP contribution in [0.4, 0.5) is 8.78 Å². The van der Waals surface area contributed by atoms with Gasteiger partial charge in [-0.1, -0.05) is 50.2 Å². The number of aliphatic carboxylic acids is 1. The van der Waals surface area contributed by atoms with Gasteiger partial charge in [0.15, 0.2) is 6.10 Å². The van der Waals surface area contributed by atoms with Crippen molar-refractivity contribution in [3.8, 4) is 5.75 Å². The Morgan fingerprint density at radius 3 is 2.31 bits per heavy atom. The summed E-state index contributed by atoms with van der Waals surface area (Å²) in [6.07, 6.45) is -2.06. The highest BCUT2D eigenvalue weighted by Gasteiger charge is 2.65. The van der Waals surface area contributed by atoms with E-state index in [9.17, 15) is 38.5 Å². The maximum atomic E-state index is 14.7. The third kappa shape index (κ3) is 4.90. The molecule has 1 fully saturated rings. The minimum atomic E-state index is -3.51. The lowest BCUT2D eigenvalue weighted by atomic mass is 9.81. The number of carbonyl (C=O) groups is 3. The number of nitrogens with zero attached hydrogens (tertiary/aromatic N) is 1. The number of phenols is 1. The van der Waals surface area contributed by atoms with Gasteiger partial charge < -0.3 is 25.5 Å². The van der Waals surface area contributed by atoms with Crippen molar-refractivity contribution < 1.29 is 38.5 Å². The van der Waals surface area contributed by atoms with Gasteiger partial charge in [0, 0.05) is 11.1 Å². The molecule has 10 heteroatoms. The number of hydrogen-bond acceptors (Lipinski definition) is 5. The van der Waals surface area contributed by atoms with Gasteiger partial charge in [-0.05, 0) is 37.5 Å². The summed E-state index contributed by atoms with van der Waals surface area (Å²) >= 11 is 0. The van der Waals surface area contributed by atoms with Crippen LogP contribution in [0.5, 0.6) is 5.75 Å². The monoisotopic (exact) mass is 504 g/mol. The summed E-state index contributed by atoms with van der Waals surface area (Å²) in [5, 5.41) is 33.3. The Bertz CT molecular complexity index is 1170. The Balaban J connectivity index is 1.96. The zero-order chi connectivity index (χ0) is 27.0. The molecule has 2 amide bonds. The maximum Gasteiger partial charge on any atom is 0.327 e. The van der Waals surface area contributed by atoms with Crippen LogP contribution in [-0.2, 0) is 16.0 Å². The molecule has 1 saturated heterocycles. The second-order valence-electron chi connectivity index (χ2n) is 9.75. The lowest BCUT2D eigenvalue weighted by Gasteiger charge is -2.32. The van der Waals surface area contributed by atoms with Gasteiger partial charge in [0.2, 0.25) is 0 Å². The number of carboxylic acids is 1. The van der Waals surface area contributed by atoms with Crippen molar-refractivity contribution in [2.24, 2.45) is 5.41 Å². The van der Waals surface area contributed by atoms with E-state index in [-0.39, 0.29) is 17.7 Å². The molecule has 8 nitrogen and oxygen atoms in total. The van der Waals surface area contributed by atoms with E-state index in [1.54, 1.807) is 37.3 Å². The van der Waals surface area contributed by atoms with Gasteiger partial charge >= 0.3 is 5.97 Å². The Morgan fingerprint density at radius 1 is 1.11 bits per heavy atom. The fourth-order valence-electron chi connectivity index (χ4n) is 4.62. The molecule has 0 radical (unpaired) electrons. The molecule has 1 aliphatic heterocycles. The number of hydrogen-bond donors (Lipinski definition) is 4. The van der Waals surface area contributed by atoms with E-state index in [4.69, 9.17) is 0 Å². The number of rotatable bonds is 7. The third-order valence-corrected chi connectivity index (χ3v) is 6.94. The summed E-state index contributed by atoms with van der Waals surface area (Å²) < 4.78 is 29.4. The van der Waals surface area contributed by atoms with E-state index in [1.807, 2.05) is 0 Å². The number of alkyl halides is 2. The number of aryl methyl sites for hydroxylation is 1. The molecule has 1 heterocycles. The normalized spacial score (nSPS) is 20.0. The van der Waals surface area contributed by atoms with E-state index >= 15 is 0 Å². The molecule has 2 aromatic rings. The van der Waals surface area contributed by atoms with Gasteiger partial charge in [0.1, 0.15) is 11.8 Å². The van der Waals surface area contributed by atoms with Gasteiger partial charge in [-0.25, -0.2) is 13.6 Å². The summed E-state index contributed by atoms with van der Waals surface area (Å²) in [5.74, 6) is -7.16. The van der Waals surface area contributed by atoms with Crippen LogP contribution in [-0.4, -0.2) is 68.7 Å². The number of aromatic hydroxyl groups is 1. The molecule has 3 rings (SSSR count). The maximum absolute atomic E-state index is 14.7. The van der Waals surface area contributed by atoms with Crippen molar-refractivity contribution >= 4 is 17.8 Å². The number of carbonyl (C=O) groups excluding carboxylic acids is 2. The first-order valence-corrected chi connectivity index (χ1v) is 11.4. The average Bonchev–Trinajstić information content (AvgIpc) is 2.99. The summed E-state index contributed by atoms with van der Waals surface area (Å²) in [5.41, 5.74) is -0.472. The quantitative estimate of drug-likeness (QED) is 0.459. The van der Waals surface area contributed by atoms with Gasteiger partial charge in [-0.15, -0.1) is 0 Å². The minimum Gasteiger partial charge on any atom is -0.508 e. The predicted molar refractivity (Wildman–Crippen MR) is 127 cm³/mol. The molecule has 4 N–H and O–H groups in total. The van der Waals surface area contributed by atoms with Gasteiger partial charge in [-0.2, -0.15) is 0 Å². The van der Waals surface area contributed by atoms with Crippen molar-refractivity contribution in [3.63, 3.8) is 0 Å². The first kappa shape index (κ1) is 27.1. The summed E-state index contributed by atoms with van der Waals surface area (Å²) in [6.45, 7) is 4.13. The third-order valence-electron chi connectivity index (χ3n) is 6.94. The second kappa shape index (κ2) is 9.85. The zero-order valence-corrected chi connectivity index (χ0v) is 20.5. The number of nitrogens with one attached hydrogen (secondary N) is 1. The highest BCUT2D eigenvalue weighted by Crippen LogP contribution is 2.48. The van der Waals surface area contributed by atoms with Crippen LogP contribution in [0.2, 0.25) is 0 Å². The minimum absolute atomic E-state index is 0.0399. The summed E-state index contributed by atoms with van der Waals surface area (Å²) in [6, 6.07) is 8.41.